The number of amides is 2. The Hall–Kier alpha value is -4.38. The number of nitro groups is 1. The number of carbonyl (C=O) groups is 2. The molecule has 1 heterocycles. The lowest BCUT2D eigenvalue weighted by atomic mass is 10.1. The lowest BCUT2D eigenvalue weighted by Crippen LogP contribution is -2.41. The number of ether oxygens (including phenoxy) is 2. The van der Waals surface area contributed by atoms with E-state index in [1.165, 1.54) is 25.5 Å². The average molecular weight is 426 g/mol. The number of hydrazine groups is 1. The second-order valence-corrected chi connectivity index (χ2v) is 6.18. The molecule has 2 aromatic carbocycles. The lowest BCUT2D eigenvalue weighted by molar-refractivity contribution is -0.386. The molecule has 31 heavy (non-hydrogen) atoms. The molecule has 0 atom stereocenters. The smallest absolute Gasteiger partial charge is 0.311 e. The fourth-order valence-electron chi connectivity index (χ4n) is 2.66. The fraction of sp³-hybridized carbons (Fsp3) is 0.100. The number of carbonyl (C=O) groups excluding carboxylic acids is 2. The highest BCUT2D eigenvalue weighted by molar-refractivity contribution is 6.01. The number of anilines is 1. The Labute approximate surface area is 175 Å². The van der Waals surface area contributed by atoms with Crippen LogP contribution in [0.25, 0.3) is 11.1 Å². The number of benzene rings is 2. The molecule has 4 N–H and O–H groups in total. The molecule has 0 saturated carbocycles. The number of hydrogen-bond donors (Lipinski definition) is 3. The van der Waals surface area contributed by atoms with Crippen LogP contribution in [0.3, 0.4) is 0 Å². The molecular weight excluding hydrogens is 408 g/mol. The summed E-state index contributed by atoms with van der Waals surface area (Å²) < 4.78 is 15.1. The van der Waals surface area contributed by atoms with Crippen LogP contribution in [-0.4, -0.2) is 30.6 Å². The lowest BCUT2D eigenvalue weighted by Gasteiger charge is -2.09. The van der Waals surface area contributed by atoms with E-state index in [4.69, 9.17) is 19.6 Å². The van der Waals surface area contributed by atoms with Gasteiger partial charge in [-0.15, -0.1) is 0 Å². The van der Waals surface area contributed by atoms with Gasteiger partial charge in [0.05, 0.1) is 11.2 Å². The van der Waals surface area contributed by atoms with Crippen LogP contribution in [0.2, 0.25) is 0 Å². The average Bonchev–Trinajstić information content (AvgIpc) is 3.26. The maximum Gasteiger partial charge on any atom is 0.311 e. The van der Waals surface area contributed by atoms with Crippen LogP contribution in [0, 0.1) is 10.1 Å². The molecule has 3 aromatic rings. The van der Waals surface area contributed by atoms with Gasteiger partial charge in [-0.3, -0.25) is 30.6 Å². The third-order valence-electron chi connectivity index (χ3n) is 4.13. The summed E-state index contributed by atoms with van der Waals surface area (Å²) in [6, 6.07) is 12.0. The third kappa shape index (κ3) is 4.97. The first-order valence-electron chi connectivity index (χ1n) is 8.85. The Bertz CT molecular complexity index is 1110. The van der Waals surface area contributed by atoms with Gasteiger partial charge in [0.25, 0.3) is 5.91 Å². The fourth-order valence-corrected chi connectivity index (χ4v) is 2.66. The number of nitro benzene ring substituents is 1. The zero-order chi connectivity index (χ0) is 22.4. The van der Waals surface area contributed by atoms with E-state index in [1.807, 2.05) is 0 Å². The van der Waals surface area contributed by atoms with Crippen molar-refractivity contribution >= 4 is 23.2 Å². The van der Waals surface area contributed by atoms with Gasteiger partial charge in [0.2, 0.25) is 5.76 Å². The Morgan fingerprint density at radius 3 is 2.48 bits per heavy atom. The van der Waals surface area contributed by atoms with Gasteiger partial charge in [-0.05, 0) is 35.9 Å². The quantitative estimate of drug-likeness (QED) is 0.225. The van der Waals surface area contributed by atoms with Crippen LogP contribution in [0.15, 0.2) is 59.2 Å². The molecule has 3 rings (SSSR count). The molecule has 160 valence electrons. The van der Waals surface area contributed by atoms with E-state index in [0.717, 1.165) is 6.07 Å². The molecule has 0 aliphatic carbocycles. The van der Waals surface area contributed by atoms with E-state index in [2.05, 4.69) is 10.9 Å². The van der Waals surface area contributed by atoms with Gasteiger partial charge in [-0.1, -0.05) is 12.1 Å². The van der Waals surface area contributed by atoms with E-state index < -0.39 is 22.4 Å². The van der Waals surface area contributed by atoms with E-state index >= 15 is 0 Å². The van der Waals surface area contributed by atoms with Crippen LogP contribution in [0.1, 0.15) is 20.9 Å². The maximum atomic E-state index is 12.5. The standard InChI is InChI=1S/C20H18N4O7/c1-29-11-31-17-7-4-13(10-16(17)24(27)28)19(25)22-23-20(26)18-15(8-9-30-18)12-2-5-14(21)6-3-12/h2-10H,11,21H2,1H3,(H,22,25)(H,23,26). The molecule has 1 aromatic heterocycles. The molecule has 2 amide bonds. The first-order chi connectivity index (χ1) is 14.9. The predicted molar refractivity (Wildman–Crippen MR) is 109 cm³/mol. The molecule has 0 bridgehead atoms. The van der Waals surface area contributed by atoms with Crippen LogP contribution in [-0.2, 0) is 4.74 Å². The molecule has 0 unspecified atom stereocenters. The summed E-state index contributed by atoms with van der Waals surface area (Å²) in [7, 11) is 1.37. The van der Waals surface area contributed by atoms with Crippen LogP contribution in [0.5, 0.6) is 5.75 Å². The Balaban J connectivity index is 1.71. The van der Waals surface area contributed by atoms with Crippen molar-refractivity contribution < 1.29 is 28.4 Å². The molecule has 11 nitrogen and oxygen atoms in total. The summed E-state index contributed by atoms with van der Waals surface area (Å²) in [5.74, 6) is -1.56. The highest BCUT2D eigenvalue weighted by atomic mass is 16.7. The monoisotopic (exact) mass is 426 g/mol. The molecule has 0 fully saturated rings. The number of rotatable bonds is 7. The molecule has 0 aliphatic heterocycles. The van der Waals surface area contributed by atoms with Crippen molar-refractivity contribution in [2.24, 2.45) is 0 Å². The molecule has 0 saturated heterocycles. The van der Waals surface area contributed by atoms with Gasteiger partial charge in [0.15, 0.2) is 12.5 Å². The van der Waals surface area contributed by atoms with Crippen molar-refractivity contribution in [2.45, 2.75) is 0 Å². The summed E-state index contributed by atoms with van der Waals surface area (Å²) in [4.78, 5) is 35.4. The second-order valence-electron chi connectivity index (χ2n) is 6.18. The van der Waals surface area contributed by atoms with Crippen molar-refractivity contribution in [1.82, 2.24) is 10.9 Å². The zero-order valence-corrected chi connectivity index (χ0v) is 16.3. The number of furan rings is 1. The maximum absolute atomic E-state index is 12.5. The Morgan fingerprint density at radius 1 is 1.10 bits per heavy atom. The first-order valence-corrected chi connectivity index (χ1v) is 8.85. The minimum absolute atomic E-state index is 0.0284. The number of nitrogens with zero attached hydrogens (tertiary/aromatic N) is 1. The molecular formula is C20H18N4O7. The minimum Gasteiger partial charge on any atom is -0.460 e. The highest BCUT2D eigenvalue weighted by Crippen LogP contribution is 2.28. The van der Waals surface area contributed by atoms with E-state index in [-0.39, 0.29) is 23.9 Å². The topological polar surface area (TPSA) is 159 Å². The van der Waals surface area contributed by atoms with Crippen molar-refractivity contribution in [2.75, 3.05) is 19.6 Å². The molecule has 0 spiro atoms. The van der Waals surface area contributed by atoms with Crippen molar-refractivity contribution in [1.29, 1.82) is 0 Å². The SMILES string of the molecule is COCOc1ccc(C(=O)NNC(=O)c2occc2-c2ccc(N)cc2)cc1[N+](=O)[O-]. The van der Waals surface area contributed by atoms with Gasteiger partial charge in [-0.2, -0.15) is 0 Å². The number of methoxy groups -OCH3 is 1. The number of nitrogen functional groups attached to an aromatic ring is 1. The summed E-state index contributed by atoms with van der Waals surface area (Å²) in [5, 5.41) is 11.2. The molecule has 0 aliphatic rings. The van der Waals surface area contributed by atoms with Crippen molar-refractivity contribution in [3.63, 3.8) is 0 Å². The van der Waals surface area contributed by atoms with Gasteiger partial charge in [0.1, 0.15) is 0 Å². The number of hydrogen-bond acceptors (Lipinski definition) is 8. The normalized spacial score (nSPS) is 10.4. The summed E-state index contributed by atoms with van der Waals surface area (Å²) in [6.07, 6.45) is 1.34. The molecule has 11 heteroatoms. The number of nitrogens with one attached hydrogen (secondary N) is 2. The number of nitrogens with two attached hydrogens (primary N) is 1. The summed E-state index contributed by atoms with van der Waals surface area (Å²) in [5.41, 5.74) is 11.4. The van der Waals surface area contributed by atoms with E-state index in [1.54, 1.807) is 30.3 Å². The predicted octanol–water partition coefficient (Wildman–Crippen LogP) is 2.49. The van der Waals surface area contributed by atoms with Gasteiger partial charge in [0, 0.05) is 30.0 Å². The largest absolute Gasteiger partial charge is 0.460 e. The third-order valence-corrected chi connectivity index (χ3v) is 4.13. The first kappa shape index (κ1) is 21.3. The summed E-state index contributed by atoms with van der Waals surface area (Å²) >= 11 is 0. The van der Waals surface area contributed by atoms with E-state index in [9.17, 15) is 19.7 Å². The molecule has 0 radical (unpaired) electrons. The van der Waals surface area contributed by atoms with Gasteiger partial charge >= 0.3 is 11.6 Å². The van der Waals surface area contributed by atoms with Crippen LogP contribution in [0.4, 0.5) is 11.4 Å². The Kier molecular flexibility index (Phi) is 6.48. The van der Waals surface area contributed by atoms with Crippen LogP contribution >= 0.6 is 0 Å². The van der Waals surface area contributed by atoms with Crippen molar-refractivity contribution in [3.05, 3.63) is 76.2 Å². The van der Waals surface area contributed by atoms with Crippen molar-refractivity contribution in [3.8, 4) is 16.9 Å². The minimum atomic E-state index is -0.768. The Morgan fingerprint density at radius 2 is 1.81 bits per heavy atom. The summed E-state index contributed by atoms with van der Waals surface area (Å²) in [6.45, 7) is -0.193. The second kappa shape index (κ2) is 9.41. The van der Waals surface area contributed by atoms with E-state index in [0.29, 0.717) is 16.8 Å². The van der Waals surface area contributed by atoms with Gasteiger partial charge < -0.3 is 19.6 Å². The zero-order valence-electron chi connectivity index (χ0n) is 16.3. The van der Waals surface area contributed by atoms with Gasteiger partial charge in [-0.25, -0.2) is 0 Å². The van der Waals surface area contributed by atoms with Crippen LogP contribution < -0.4 is 21.3 Å². The highest BCUT2D eigenvalue weighted by Gasteiger charge is 2.21.